The third kappa shape index (κ3) is 3.40. The number of hydrogen-bond acceptors (Lipinski definition) is 1. The van der Waals surface area contributed by atoms with E-state index in [9.17, 15) is 8.39 Å². The summed E-state index contributed by atoms with van der Waals surface area (Å²) in [5.41, 5.74) is 0.773. The van der Waals surface area contributed by atoms with E-state index in [-0.39, 0.29) is 6.61 Å². The van der Waals surface area contributed by atoms with Crippen LogP contribution in [0.5, 0.6) is 0 Å². The highest BCUT2D eigenvalue weighted by atomic mass is 31.2. The summed E-state index contributed by atoms with van der Waals surface area (Å²) in [7, 11) is -3.22. The van der Waals surface area contributed by atoms with Gasteiger partial charge in [0.1, 0.15) is 0 Å². The van der Waals surface area contributed by atoms with Crippen LogP contribution in [-0.2, 0) is 11.1 Å². The number of benzene rings is 1. The molecular weight excluding hydrogens is 169 g/mol. The van der Waals surface area contributed by atoms with E-state index in [4.69, 9.17) is 0 Å². The fourth-order valence-electron chi connectivity index (χ4n) is 0.698. The third-order valence-electron chi connectivity index (χ3n) is 1.17. The number of hydrogen-bond donors (Lipinski definition) is 0. The van der Waals surface area contributed by atoms with Crippen LogP contribution in [-0.4, -0.2) is 0 Å². The molecule has 4 heteroatoms. The molecule has 0 aliphatic rings. The summed E-state index contributed by atoms with van der Waals surface area (Å²) in [5.74, 6) is 0. The quantitative estimate of drug-likeness (QED) is 0.641. The van der Waals surface area contributed by atoms with E-state index in [2.05, 4.69) is 4.52 Å². The van der Waals surface area contributed by atoms with Crippen molar-refractivity contribution >= 4 is 8.77 Å². The van der Waals surface area contributed by atoms with Crippen LogP contribution in [0.3, 0.4) is 0 Å². The minimum absolute atomic E-state index is 0.000453. The Hall–Kier alpha value is -0.530. The first kappa shape index (κ1) is 8.57. The van der Waals surface area contributed by atoms with Crippen molar-refractivity contribution in [1.82, 2.24) is 0 Å². The molecule has 60 valence electrons. The molecule has 0 saturated carbocycles. The Morgan fingerprint density at radius 1 is 1.18 bits per heavy atom. The van der Waals surface area contributed by atoms with Crippen LogP contribution in [0.2, 0.25) is 0 Å². The summed E-state index contributed by atoms with van der Waals surface area (Å²) >= 11 is 0. The lowest BCUT2D eigenvalue weighted by atomic mass is 10.2. The molecule has 11 heavy (non-hydrogen) atoms. The summed E-state index contributed by atoms with van der Waals surface area (Å²) in [5, 5.41) is 0. The van der Waals surface area contributed by atoms with Crippen molar-refractivity contribution in [2.24, 2.45) is 0 Å². The van der Waals surface area contributed by atoms with Crippen molar-refractivity contribution in [2.75, 3.05) is 0 Å². The van der Waals surface area contributed by atoms with Crippen LogP contribution in [0.1, 0.15) is 5.56 Å². The second kappa shape index (κ2) is 4.37. The molecule has 0 bridgehead atoms. The van der Waals surface area contributed by atoms with Gasteiger partial charge in [0.2, 0.25) is 0 Å². The van der Waals surface area contributed by atoms with E-state index in [1.807, 2.05) is 6.07 Å². The van der Waals surface area contributed by atoms with Crippen LogP contribution in [0.25, 0.3) is 0 Å². The van der Waals surface area contributed by atoms with Gasteiger partial charge in [-0.3, -0.25) is 0 Å². The van der Waals surface area contributed by atoms with Gasteiger partial charge in [0.25, 0.3) is 0 Å². The van der Waals surface area contributed by atoms with Gasteiger partial charge in [-0.2, -0.15) is 8.39 Å². The normalized spacial score (nSPS) is 10.5. The molecule has 0 aliphatic carbocycles. The first-order valence-electron chi connectivity index (χ1n) is 3.07. The lowest BCUT2D eigenvalue weighted by Gasteiger charge is -1.99. The van der Waals surface area contributed by atoms with Gasteiger partial charge >= 0.3 is 8.77 Å². The van der Waals surface area contributed by atoms with Crippen LogP contribution in [0.15, 0.2) is 30.3 Å². The number of halogens is 2. The minimum atomic E-state index is -3.22. The van der Waals surface area contributed by atoms with Gasteiger partial charge in [-0.1, -0.05) is 30.3 Å². The lowest BCUT2D eigenvalue weighted by molar-refractivity contribution is 0.298. The molecule has 0 unspecified atom stereocenters. The highest BCUT2D eigenvalue weighted by Gasteiger charge is 2.03. The van der Waals surface area contributed by atoms with E-state index in [0.717, 1.165) is 5.56 Å². The third-order valence-corrected chi connectivity index (χ3v) is 1.50. The molecule has 0 N–H and O–H groups in total. The summed E-state index contributed by atoms with van der Waals surface area (Å²) in [6.45, 7) is -0.000453. The fourth-order valence-corrected chi connectivity index (χ4v) is 0.944. The standard InChI is InChI=1S/C7H7F2OP/c8-11(9)10-6-7-4-2-1-3-5-7/h1-5H,6H2. The summed E-state index contributed by atoms with van der Waals surface area (Å²) in [4.78, 5) is 0. The molecule has 0 atom stereocenters. The molecule has 1 aromatic rings. The predicted molar refractivity (Wildman–Crippen MR) is 40.4 cm³/mol. The molecule has 0 saturated heterocycles. The van der Waals surface area contributed by atoms with E-state index < -0.39 is 8.77 Å². The Morgan fingerprint density at radius 2 is 1.82 bits per heavy atom. The predicted octanol–water partition coefficient (Wildman–Crippen LogP) is 3.37. The molecule has 0 radical (unpaired) electrons. The molecule has 0 fully saturated rings. The molecule has 1 aromatic carbocycles. The molecule has 0 spiro atoms. The zero-order valence-corrected chi connectivity index (χ0v) is 6.60. The Bertz CT molecular complexity index is 203. The first-order valence-corrected chi connectivity index (χ1v) is 4.11. The largest absolute Gasteiger partial charge is 0.415 e. The average Bonchev–Trinajstić information content (AvgIpc) is 2.03. The molecule has 0 amide bonds. The van der Waals surface area contributed by atoms with Gasteiger partial charge in [0, 0.05) is 0 Å². The Labute approximate surface area is 65.1 Å². The Balaban J connectivity index is 2.39. The minimum Gasteiger partial charge on any atom is -0.301 e. The molecular formula is C7H7F2OP. The van der Waals surface area contributed by atoms with Crippen LogP contribution in [0.4, 0.5) is 8.39 Å². The van der Waals surface area contributed by atoms with E-state index >= 15 is 0 Å². The molecule has 1 rings (SSSR count). The monoisotopic (exact) mass is 176 g/mol. The number of rotatable bonds is 3. The maximum absolute atomic E-state index is 11.6. The highest BCUT2D eigenvalue weighted by Crippen LogP contribution is 2.40. The maximum Gasteiger partial charge on any atom is 0.415 e. The van der Waals surface area contributed by atoms with Gasteiger partial charge in [0.05, 0.1) is 6.61 Å². The van der Waals surface area contributed by atoms with Gasteiger partial charge < -0.3 is 4.52 Å². The molecule has 0 aromatic heterocycles. The SMILES string of the molecule is FP(F)OCc1ccccc1. The Kier molecular flexibility index (Phi) is 3.40. The van der Waals surface area contributed by atoms with Gasteiger partial charge in [-0.25, -0.2) is 0 Å². The van der Waals surface area contributed by atoms with Crippen molar-refractivity contribution in [3.63, 3.8) is 0 Å². The zero-order chi connectivity index (χ0) is 8.10. The second-order valence-corrected chi connectivity index (χ2v) is 2.62. The van der Waals surface area contributed by atoms with Crippen LogP contribution >= 0.6 is 8.77 Å². The molecule has 1 nitrogen and oxygen atoms in total. The van der Waals surface area contributed by atoms with Crippen molar-refractivity contribution in [2.45, 2.75) is 6.61 Å². The molecule has 0 heterocycles. The van der Waals surface area contributed by atoms with Crippen LogP contribution in [0, 0.1) is 0 Å². The van der Waals surface area contributed by atoms with Gasteiger partial charge in [-0.05, 0) is 5.56 Å². The lowest BCUT2D eigenvalue weighted by Crippen LogP contribution is -1.83. The average molecular weight is 176 g/mol. The summed E-state index contributed by atoms with van der Waals surface area (Å²) < 4.78 is 27.3. The Morgan fingerprint density at radius 3 is 2.36 bits per heavy atom. The molecule has 0 aliphatic heterocycles. The van der Waals surface area contributed by atoms with E-state index in [1.54, 1.807) is 24.3 Å². The second-order valence-electron chi connectivity index (χ2n) is 1.96. The van der Waals surface area contributed by atoms with Crippen molar-refractivity contribution in [3.8, 4) is 0 Å². The highest BCUT2D eigenvalue weighted by molar-refractivity contribution is 7.40. The zero-order valence-electron chi connectivity index (χ0n) is 5.71. The fraction of sp³-hybridized carbons (Fsp3) is 0.143. The first-order chi connectivity index (χ1) is 5.29. The van der Waals surface area contributed by atoms with Crippen molar-refractivity contribution < 1.29 is 12.9 Å². The topological polar surface area (TPSA) is 9.23 Å². The summed E-state index contributed by atoms with van der Waals surface area (Å²) in [6, 6.07) is 8.91. The van der Waals surface area contributed by atoms with Gasteiger partial charge in [0.15, 0.2) is 0 Å². The van der Waals surface area contributed by atoms with Gasteiger partial charge in [-0.15, -0.1) is 0 Å². The van der Waals surface area contributed by atoms with E-state index in [0.29, 0.717) is 0 Å². The summed E-state index contributed by atoms with van der Waals surface area (Å²) in [6.07, 6.45) is 0. The van der Waals surface area contributed by atoms with Crippen molar-refractivity contribution in [1.29, 1.82) is 0 Å². The van der Waals surface area contributed by atoms with Crippen molar-refractivity contribution in [3.05, 3.63) is 35.9 Å². The van der Waals surface area contributed by atoms with E-state index in [1.165, 1.54) is 0 Å². The maximum atomic E-state index is 11.6. The van der Waals surface area contributed by atoms with Crippen LogP contribution < -0.4 is 0 Å². The smallest absolute Gasteiger partial charge is 0.301 e.